The molecule has 5 nitrogen and oxygen atoms in total. The maximum atomic E-state index is 12.7. The number of aldehydes is 1. The number of hydrogen-bond acceptors (Lipinski definition) is 5. The Morgan fingerprint density at radius 3 is 2.75 bits per heavy atom. The van der Waals surface area contributed by atoms with Crippen LogP contribution in [0.25, 0.3) is 15.5 Å². The Labute approximate surface area is 113 Å². The molecule has 0 atom stereocenters. The Morgan fingerprint density at radius 1 is 1.25 bits per heavy atom. The third kappa shape index (κ3) is 2.05. The van der Waals surface area contributed by atoms with E-state index in [4.69, 9.17) is 0 Å². The summed E-state index contributed by atoms with van der Waals surface area (Å²) in [6, 6.07) is 6.43. The van der Waals surface area contributed by atoms with Gasteiger partial charge < -0.3 is 0 Å². The van der Waals surface area contributed by atoms with Crippen molar-refractivity contribution in [3.63, 3.8) is 0 Å². The number of rotatable bonds is 2. The standard InChI is InChI=1S/C11H5F3N4OS/c12-11(13,14)9-15-16-10-18(9)17-8(20-10)7-3-1-2-6(4-7)5-19/h1-5H. The Kier molecular flexibility index (Phi) is 2.78. The van der Waals surface area contributed by atoms with Crippen LogP contribution in [0.15, 0.2) is 24.3 Å². The number of carbonyl (C=O) groups is 1. The fourth-order valence-electron chi connectivity index (χ4n) is 1.66. The summed E-state index contributed by atoms with van der Waals surface area (Å²) in [6.07, 6.45) is -3.96. The number of aromatic nitrogens is 4. The quantitative estimate of drug-likeness (QED) is 0.682. The summed E-state index contributed by atoms with van der Waals surface area (Å²) in [4.78, 5) is 10.7. The molecule has 3 rings (SSSR count). The highest BCUT2D eigenvalue weighted by Gasteiger charge is 2.38. The molecule has 20 heavy (non-hydrogen) atoms. The Balaban J connectivity index is 2.13. The molecule has 2 heterocycles. The maximum absolute atomic E-state index is 12.7. The van der Waals surface area contributed by atoms with Crippen molar-refractivity contribution < 1.29 is 18.0 Å². The van der Waals surface area contributed by atoms with E-state index in [-0.39, 0.29) is 4.96 Å². The van der Waals surface area contributed by atoms with Gasteiger partial charge in [-0.1, -0.05) is 29.5 Å². The maximum Gasteiger partial charge on any atom is 0.453 e. The lowest BCUT2D eigenvalue weighted by Gasteiger charge is -2.00. The molecule has 0 N–H and O–H groups in total. The van der Waals surface area contributed by atoms with Crippen LogP contribution in [0.5, 0.6) is 0 Å². The molecule has 0 spiro atoms. The van der Waals surface area contributed by atoms with Gasteiger partial charge in [0, 0.05) is 11.1 Å². The average molecular weight is 298 g/mol. The van der Waals surface area contributed by atoms with Crippen molar-refractivity contribution in [2.45, 2.75) is 6.18 Å². The molecule has 0 unspecified atom stereocenters. The summed E-state index contributed by atoms with van der Waals surface area (Å²) in [6.45, 7) is 0. The smallest absolute Gasteiger partial charge is 0.298 e. The molecule has 9 heteroatoms. The minimum absolute atomic E-state index is 0.0452. The Hall–Kier alpha value is -2.29. The molecule has 0 aliphatic carbocycles. The van der Waals surface area contributed by atoms with Gasteiger partial charge in [-0.05, 0) is 6.07 Å². The molecule has 0 fully saturated rings. The minimum Gasteiger partial charge on any atom is -0.298 e. The first-order valence-electron chi connectivity index (χ1n) is 5.34. The SMILES string of the molecule is O=Cc1cccc(-c2nn3c(C(F)(F)F)nnc3s2)c1. The molecule has 0 radical (unpaired) electrons. The first-order chi connectivity index (χ1) is 9.49. The largest absolute Gasteiger partial charge is 0.453 e. The molecule has 0 amide bonds. The van der Waals surface area contributed by atoms with E-state index in [1.165, 1.54) is 0 Å². The molecule has 0 bridgehead atoms. The minimum atomic E-state index is -4.62. The fourth-order valence-corrected chi connectivity index (χ4v) is 2.49. The number of halogens is 3. The highest BCUT2D eigenvalue weighted by atomic mass is 32.1. The van der Waals surface area contributed by atoms with E-state index in [2.05, 4.69) is 15.3 Å². The normalized spacial score (nSPS) is 11.9. The average Bonchev–Trinajstić information content (AvgIpc) is 2.97. The van der Waals surface area contributed by atoms with Crippen LogP contribution in [0.3, 0.4) is 0 Å². The predicted octanol–water partition coefficient (Wildman–Crippen LogP) is 2.68. The van der Waals surface area contributed by atoms with Gasteiger partial charge in [0.05, 0.1) is 0 Å². The Morgan fingerprint density at radius 2 is 2.05 bits per heavy atom. The number of fused-ring (bicyclic) bond motifs is 1. The van der Waals surface area contributed by atoms with Crippen molar-refractivity contribution in [1.29, 1.82) is 0 Å². The zero-order valence-corrected chi connectivity index (χ0v) is 10.4. The van der Waals surface area contributed by atoms with Crippen molar-refractivity contribution >= 4 is 22.6 Å². The second-order valence-corrected chi connectivity index (χ2v) is 4.82. The van der Waals surface area contributed by atoms with Gasteiger partial charge in [0.25, 0.3) is 5.82 Å². The van der Waals surface area contributed by atoms with E-state index in [1.54, 1.807) is 24.3 Å². The molecule has 2 aromatic heterocycles. The van der Waals surface area contributed by atoms with Gasteiger partial charge in [-0.25, -0.2) is 0 Å². The first kappa shape index (κ1) is 12.7. The molecular formula is C11H5F3N4OS. The topological polar surface area (TPSA) is 60.2 Å². The van der Waals surface area contributed by atoms with Crippen LogP contribution in [-0.2, 0) is 6.18 Å². The summed E-state index contributed by atoms with van der Waals surface area (Å²) < 4.78 is 38.7. The summed E-state index contributed by atoms with van der Waals surface area (Å²) >= 11 is 0.969. The molecule has 0 saturated heterocycles. The molecule has 0 saturated carbocycles. The van der Waals surface area contributed by atoms with E-state index in [9.17, 15) is 18.0 Å². The van der Waals surface area contributed by atoms with E-state index in [0.717, 1.165) is 11.3 Å². The molecule has 0 aliphatic rings. The van der Waals surface area contributed by atoms with Crippen LogP contribution < -0.4 is 0 Å². The fraction of sp³-hybridized carbons (Fsp3) is 0.0909. The molecular weight excluding hydrogens is 293 g/mol. The number of carbonyl (C=O) groups excluding carboxylic acids is 1. The number of alkyl halides is 3. The van der Waals surface area contributed by atoms with Gasteiger partial charge in [-0.3, -0.25) is 4.79 Å². The van der Waals surface area contributed by atoms with Crippen molar-refractivity contribution in [2.24, 2.45) is 0 Å². The lowest BCUT2D eigenvalue weighted by Crippen LogP contribution is -2.11. The van der Waals surface area contributed by atoms with Gasteiger partial charge in [-0.2, -0.15) is 22.8 Å². The summed E-state index contributed by atoms with van der Waals surface area (Å²) in [5.41, 5.74) is 0.975. The van der Waals surface area contributed by atoms with Crippen molar-refractivity contribution in [3.8, 4) is 10.6 Å². The lowest BCUT2D eigenvalue weighted by atomic mass is 10.1. The van der Waals surface area contributed by atoms with E-state index >= 15 is 0 Å². The molecule has 0 aliphatic heterocycles. The van der Waals surface area contributed by atoms with Crippen molar-refractivity contribution in [3.05, 3.63) is 35.7 Å². The second kappa shape index (κ2) is 4.37. The highest BCUT2D eigenvalue weighted by Crippen LogP contribution is 2.31. The number of benzene rings is 1. The van der Waals surface area contributed by atoms with Gasteiger partial charge >= 0.3 is 6.18 Å². The predicted molar refractivity (Wildman–Crippen MR) is 64.5 cm³/mol. The van der Waals surface area contributed by atoms with E-state index in [1.807, 2.05) is 0 Å². The van der Waals surface area contributed by atoms with Gasteiger partial charge in [0.1, 0.15) is 11.3 Å². The number of nitrogens with zero attached hydrogens (tertiary/aromatic N) is 4. The highest BCUT2D eigenvalue weighted by molar-refractivity contribution is 7.19. The van der Waals surface area contributed by atoms with E-state index < -0.39 is 12.0 Å². The van der Waals surface area contributed by atoms with Gasteiger partial charge in [0.15, 0.2) is 0 Å². The Bertz CT molecular complexity index is 792. The van der Waals surface area contributed by atoms with Crippen LogP contribution in [-0.4, -0.2) is 26.1 Å². The van der Waals surface area contributed by atoms with Crippen molar-refractivity contribution in [1.82, 2.24) is 19.8 Å². The molecule has 1 aromatic carbocycles. The van der Waals surface area contributed by atoms with Crippen LogP contribution in [0, 0.1) is 0 Å². The third-order valence-corrected chi connectivity index (χ3v) is 3.46. The van der Waals surface area contributed by atoms with Gasteiger partial charge in [-0.15, -0.1) is 10.2 Å². The van der Waals surface area contributed by atoms with E-state index in [0.29, 0.717) is 26.9 Å². The zero-order chi connectivity index (χ0) is 14.3. The second-order valence-electron chi connectivity index (χ2n) is 3.87. The number of hydrogen-bond donors (Lipinski definition) is 0. The zero-order valence-electron chi connectivity index (χ0n) is 9.63. The molecule has 3 aromatic rings. The lowest BCUT2D eigenvalue weighted by molar-refractivity contribution is -0.146. The van der Waals surface area contributed by atoms with Crippen LogP contribution >= 0.6 is 11.3 Å². The van der Waals surface area contributed by atoms with Gasteiger partial charge in [0.2, 0.25) is 4.96 Å². The van der Waals surface area contributed by atoms with Crippen LogP contribution in [0.2, 0.25) is 0 Å². The third-order valence-electron chi connectivity index (χ3n) is 2.51. The molecule has 102 valence electrons. The monoisotopic (exact) mass is 298 g/mol. The first-order valence-corrected chi connectivity index (χ1v) is 6.16. The summed E-state index contributed by atoms with van der Waals surface area (Å²) in [5.74, 6) is -1.17. The van der Waals surface area contributed by atoms with Crippen LogP contribution in [0.1, 0.15) is 16.2 Å². The van der Waals surface area contributed by atoms with Crippen LogP contribution in [0.4, 0.5) is 13.2 Å². The van der Waals surface area contributed by atoms with Crippen molar-refractivity contribution in [2.75, 3.05) is 0 Å². The summed E-state index contributed by atoms with van der Waals surface area (Å²) in [7, 11) is 0. The summed E-state index contributed by atoms with van der Waals surface area (Å²) in [5, 5.41) is 10.7.